The third kappa shape index (κ3) is 5.63. The fourth-order valence-electron chi connectivity index (χ4n) is 2.71. The van der Waals surface area contributed by atoms with E-state index in [1.54, 1.807) is 6.07 Å². The second-order valence-electron chi connectivity index (χ2n) is 6.34. The van der Waals surface area contributed by atoms with Gasteiger partial charge in [0.2, 0.25) is 5.91 Å². The fourth-order valence-corrected chi connectivity index (χ4v) is 4.18. The lowest BCUT2D eigenvalue weighted by molar-refractivity contribution is -0.137. The molecule has 0 spiro atoms. The number of hydrogen-bond acceptors (Lipinski definition) is 4. The molecule has 1 heterocycles. The molecule has 0 radical (unpaired) electrons. The second kappa shape index (κ2) is 9.37. The van der Waals surface area contributed by atoms with E-state index < -0.39 is 35.1 Å². The standard InChI is InChI=1S/C20H13ClF4N2O2S2/c21-12-5-6-15(13(10-12)20(23,24)25)26-17(28)7-8-27-18(29)16(31-19(27)30)9-11-3-1-2-4-14(11)22/h1-6,9-10H,7-8H2,(H,26,28). The average molecular weight is 489 g/mol. The highest BCUT2D eigenvalue weighted by atomic mass is 35.5. The van der Waals surface area contributed by atoms with E-state index in [0.717, 1.165) is 22.7 Å². The highest BCUT2D eigenvalue weighted by Crippen LogP contribution is 2.37. The lowest BCUT2D eigenvalue weighted by Gasteiger charge is -2.16. The molecular formula is C20H13ClF4N2O2S2. The van der Waals surface area contributed by atoms with Gasteiger partial charge < -0.3 is 5.32 Å². The molecule has 1 fully saturated rings. The summed E-state index contributed by atoms with van der Waals surface area (Å²) in [6.07, 6.45) is -3.64. The van der Waals surface area contributed by atoms with Gasteiger partial charge in [-0.15, -0.1) is 0 Å². The summed E-state index contributed by atoms with van der Waals surface area (Å²) < 4.78 is 53.4. The molecule has 0 unspecified atom stereocenters. The van der Waals surface area contributed by atoms with Crippen LogP contribution in [0.2, 0.25) is 5.02 Å². The van der Waals surface area contributed by atoms with Crippen molar-refractivity contribution in [2.75, 3.05) is 11.9 Å². The van der Waals surface area contributed by atoms with Crippen molar-refractivity contribution in [2.24, 2.45) is 0 Å². The second-order valence-corrected chi connectivity index (χ2v) is 8.45. The molecule has 2 amide bonds. The zero-order valence-corrected chi connectivity index (χ0v) is 17.9. The molecule has 1 aliphatic heterocycles. The summed E-state index contributed by atoms with van der Waals surface area (Å²) in [7, 11) is 0. The van der Waals surface area contributed by atoms with E-state index >= 15 is 0 Å². The Kier molecular flexibility index (Phi) is 7.03. The highest BCUT2D eigenvalue weighted by molar-refractivity contribution is 8.26. The number of amides is 2. The van der Waals surface area contributed by atoms with Crippen LogP contribution in [0.1, 0.15) is 17.5 Å². The van der Waals surface area contributed by atoms with Crippen LogP contribution in [-0.4, -0.2) is 27.6 Å². The number of thiocarbonyl (C=S) groups is 1. The number of carbonyl (C=O) groups is 2. The molecular weight excluding hydrogens is 476 g/mol. The molecule has 4 nitrogen and oxygen atoms in total. The Morgan fingerprint density at radius 2 is 1.94 bits per heavy atom. The van der Waals surface area contributed by atoms with E-state index in [4.69, 9.17) is 23.8 Å². The topological polar surface area (TPSA) is 49.4 Å². The van der Waals surface area contributed by atoms with Crippen LogP contribution in [0.15, 0.2) is 47.4 Å². The summed E-state index contributed by atoms with van der Waals surface area (Å²) in [4.78, 5) is 26.1. The number of benzene rings is 2. The van der Waals surface area contributed by atoms with E-state index in [1.807, 2.05) is 0 Å². The molecule has 2 aromatic carbocycles. The minimum atomic E-state index is -4.71. The molecule has 31 heavy (non-hydrogen) atoms. The quantitative estimate of drug-likeness (QED) is 0.332. The molecule has 1 aliphatic rings. The molecule has 1 N–H and O–H groups in total. The van der Waals surface area contributed by atoms with Gasteiger partial charge in [0.05, 0.1) is 16.2 Å². The number of nitrogens with one attached hydrogen (secondary N) is 1. The number of hydrogen-bond donors (Lipinski definition) is 1. The van der Waals surface area contributed by atoms with Crippen molar-refractivity contribution in [2.45, 2.75) is 12.6 Å². The van der Waals surface area contributed by atoms with E-state index in [1.165, 1.54) is 30.3 Å². The van der Waals surface area contributed by atoms with Crippen molar-refractivity contribution in [1.82, 2.24) is 4.90 Å². The molecule has 162 valence electrons. The normalized spacial score (nSPS) is 15.6. The number of carbonyl (C=O) groups excluding carboxylic acids is 2. The van der Waals surface area contributed by atoms with Crippen LogP contribution in [-0.2, 0) is 15.8 Å². The SMILES string of the molecule is O=C(CCN1C(=O)C(=Cc2ccccc2F)SC1=S)Nc1ccc(Cl)cc1C(F)(F)F. The molecule has 0 aliphatic carbocycles. The van der Waals surface area contributed by atoms with Gasteiger partial charge in [-0.25, -0.2) is 4.39 Å². The summed E-state index contributed by atoms with van der Waals surface area (Å²) in [6, 6.07) is 8.88. The molecule has 0 aromatic heterocycles. The number of alkyl halides is 3. The van der Waals surface area contributed by atoms with Crippen molar-refractivity contribution in [3.8, 4) is 0 Å². The van der Waals surface area contributed by atoms with Crippen LogP contribution >= 0.6 is 35.6 Å². The Morgan fingerprint density at radius 1 is 1.23 bits per heavy atom. The zero-order chi connectivity index (χ0) is 22.8. The monoisotopic (exact) mass is 488 g/mol. The minimum absolute atomic E-state index is 0.121. The first-order valence-electron chi connectivity index (χ1n) is 8.73. The maximum absolute atomic E-state index is 13.8. The van der Waals surface area contributed by atoms with Gasteiger partial charge in [0.15, 0.2) is 0 Å². The number of anilines is 1. The van der Waals surface area contributed by atoms with Gasteiger partial charge in [-0.05, 0) is 30.3 Å². The Labute approximate surface area is 189 Å². The zero-order valence-electron chi connectivity index (χ0n) is 15.5. The first-order chi connectivity index (χ1) is 14.6. The van der Waals surface area contributed by atoms with Crippen LogP contribution in [0, 0.1) is 5.82 Å². The van der Waals surface area contributed by atoms with Gasteiger partial charge in [0.25, 0.3) is 5.91 Å². The Balaban J connectivity index is 1.67. The third-order valence-corrected chi connectivity index (χ3v) is 5.80. The van der Waals surface area contributed by atoms with Gasteiger partial charge in [-0.3, -0.25) is 14.5 Å². The van der Waals surface area contributed by atoms with Crippen molar-refractivity contribution >= 4 is 63.5 Å². The summed E-state index contributed by atoms with van der Waals surface area (Å²) >= 11 is 11.7. The average Bonchev–Trinajstić information content (AvgIpc) is 2.95. The predicted molar refractivity (Wildman–Crippen MR) is 116 cm³/mol. The maximum Gasteiger partial charge on any atom is 0.418 e. The van der Waals surface area contributed by atoms with E-state index in [2.05, 4.69) is 5.32 Å². The number of thioether (sulfide) groups is 1. The third-order valence-electron chi connectivity index (χ3n) is 4.19. The fraction of sp³-hybridized carbons (Fsp3) is 0.150. The summed E-state index contributed by atoms with van der Waals surface area (Å²) in [6.45, 7) is -0.139. The number of halogens is 5. The van der Waals surface area contributed by atoms with Crippen LogP contribution in [0.5, 0.6) is 0 Å². The van der Waals surface area contributed by atoms with Crippen molar-refractivity contribution < 1.29 is 27.2 Å². The Morgan fingerprint density at radius 3 is 2.61 bits per heavy atom. The summed E-state index contributed by atoms with van der Waals surface area (Å²) in [5.41, 5.74) is -1.30. The first kappa shape index (κ1) is 23.2. The van der Waals surface area contributed by atoms with E-state index in [9.17, 15) is 27.2 Å². The lowest BCUT2D eigenvalue weighted by atomic mass is 10.1. The minimum Gasteiger partial charge on any atom is -0.325 e. The van der Waals surface area contributed by atoms with Crippen molar-refractivity contribution in [1.29, 1.82) is 0 Å². The smallest absolute Gasteiger partial charge is 0.325 e. The largest absolute Gasteiger partial charge is 0.418 e. The van der Waals surface area contributed by atoms with Gasteiger partial charge in [-0.1, -0.05) is 53.8 Å². The Bertz CT molecular complexity index is 1090. The molecule has 0 bridgehead atoms. The van der Waals surface area contributed by atoms with Crippen LogP contribution in [0.3, 0.4) is 0 Å². The maximum atomic E-state index is 13.8. The first-order valence-corrected chi connectivity index (χ1v) is 10.3. The van der Waals surface area contributed by atoms with Gasteiger partial charge >= 0.3 is 6.18 Å². The molecule has 11 heteroatoms. The molecule has 1 saturated heterocycles. The van der Waals surface area contributed by atoms with Gasteiger partial charge in [0.1, 0.15) is 10.1 Å². The summed E-state index contributed by atoms with van der Waals surface area (Å²) in [5.74, 6) is -1.75. The molecule has 3 rings (SSSR count). The predicted octanol–water partition coefficient (Wildman–Crippen LogP) is 5.73. The molecule has 0 atom stereocenters. The summed E-state index contributed by atoms with van der Waals surface area (Å²) in [5, 5.41) is 2.07. The highest BCUT2D eigenvalue weighted by Gasteiger charge is 2.35. The lowest BCUT2D eigenvalue weighted by Crippen LogP contribution is -2.31. The van der Waals surface area contributed by atoms with Crippen LogP contribution in [0.4, 0.5) is 23.2 Å². The van der Waals surface area contributed by atoms with E-state index in [-0.39, 0.29) is 32.8 Å². The Hall–Kier alpha value is -2.43. The molecule has 0 saturated carbocycles. The van der Waals surface area contributed by atoms with Crippen molar-refractivity contribution in [3.05, 3.63) is 69.3 Å². The van der Waals surface area contributed by atoms with Crippen molar-refractivity contribution in [3.63, 3.8) is 0 Å². The number of rotatable bonds is 5. The van der Waals surface area contributed by atoms with Gasteiger partial charge in [-0.2, -0.15) is 13.2 Å². The van der Waals surface area contributed by atoms with Gasteiger partial charge in [0, 0.05) is 23.6 Å². The van der Waals surface area contributed by atoms with E-state index in [0.29, 0.717) is 6.07 Å². The molecule has 2 aromatic rings. The van der Waals surface area contributed by atoms with Crippen LogP contribution in [0.25, 0.3) is 6.08 Å². The number of nitrogens with zero attached hydrogens (tertiary/aromatic N) is 1. The van der Waals surface area contributed by atoms with Crippen LogP contribution < -0.4 is 5.32 Å².